The van der Waals surface area contributed by atoms with E-state index < -0.39 is 18.1 Å². The summed E-state index contributed by atoms with van der Waals surface area (Å²) < 4.78 is 46.5. The van der Waals surface area contributed by atoms with Gasteiger partial charge in [-0.25, -0.2) is 4.39 Å². The fraction of sp³-hybridized carbons (Fsp3) is 1.00. The lowest BCUT2D eigenvalue weighted by molar-refractivity contribution is -0.144. The van der Waals surface area contributed by atoms with Crippen LogP contribution in [0.4, 0.5) is 4.39 Å². The fourth-order valence-corrected chi connectivity index (χ4v) is 3.03. The maximum Gasteiger partial charge on any atom is 0.206 e. The molecule has 212 valence electrons. The highest BCUT2D eigenvalue weighted by Gasteiger charge is 2.24. The number of hydrogen-bond donors (Lipinski definition) is 4. The van der Waals surface area contributed by atoms with E-state index in [0.717, 1.165) is 12.8 Å². The van der Waals surface area contributed by atoms with E-state index >= 15 is 0 Å². The Morgan fingerprint density at radius 1 is 0.600 bits per heavy atom. The zero-order valence-electron chi connectivity index (χ0n) is 21.8. The highest BCUT2D eigenvalue weighted by Crippen LogP contribution is 2.22. The van der Waals surface area contributed by atoms with E-state index in [1.165, 1.54) is 6.92 Å². The van der Waals surface area contributed by atoms with Gasteiger partial charge in [-0.3, -0.25) is 0 Å². The molecule has 0 rings (SSSR count). The zero-order valence-corrected chi connectivity index (χ0v) is 21.8. The Morgan fingerprint density at radius 3 is 1.54 bits per heavy atom. The minimum Gasteiger partial charge on any atom is -0.394 e. The van der Waals surface area contributed by atoms with E-state index in [-0.39, 0.29) is 71.5 Å². The van der Waals surface area contributed by atoms with Gasteiger partial charge in [-0.15, -0.1) is 0 Å². The molecule has 0 aliphatic rings. The number of aliphatic hydroxyl groups is 4. The Bertz CT molecular complexity index is 468. The van der Waals surface area contributed by atoms with Crippen molar-refractivity contribution in [1.29, 1.82) is 0 Å². The van der Waals surface area contributed by atoms with Crippen molar-refractivity contribution in [2.75, 3.05) is 79.3 Å². The Labute approximate surface area is 209 Å². The Kier molecular flexibility index (Phi) is 21.3. The Hall–Kier alpha value is -0.470. The van der Waals surface area contributed by atoms with Crippen LogP contribution in [0.3, 0.4) is 0 Å². The van der Waals surface area contributed by atoms with Crippen molar-refractivity contribution in [2.45, 2.75) is 76.5 Å². The van der Waals surface area contributed by atoms with Gasteiger partial charge in [-0.2, -0.15) is 0 Å². The topological polar surface area (TPSA) is 136 Å². The molecule has 0 spiro atoms. The summed E-state index contributed by atoms with van der Waals surface area (Å²) in [5.41, 5.74) is -0.370. The smallest absolute Gasteiger partial charge is 0.206 e. The third-order valence-electron chi connectivity index (χ3n) is 4.88. The van der Waals surface area contributed by atoms with Crippen LogP contribution >= 0.6 is 0 Å². The molecule has 4 N–H and O–H groups in total. The van der Waals surface area contributed by atoms with E-state index in [9.17, 15) is 14.6 Å². The van der Waals surface area contributed by atoms with Crippen LogP contribution in [-0.2, 0) is 28.4 Å². The predicted molar refractivity (Wildman–Crippen MR) is 128 cm³/mol. The molecule has 0 heterocycles. The SMILES string of the molecule is CC(C)(CCCOCC(O)COCCO)OCCCC(C)(F)OCCCOCC(O)COCCO. The van der Waals surface area contributed by atoms with Gasteiger partial charge in [0.25, 0.3) is 0 Å². The first-order valence-corrected chi connectivity index (χ1v) is 12.5. The van der Waals surface area contributed by atoms with Crippen molar-refractivity contribution in [3.8, 4) is 0 Å². The van der Waals surface area contributed by atoms with Gasteiger partial charge in [0.2, 0.25) is 5.85 Å². The van der Waals surface area contributed by atoms with Crippen LogP contribution in [0.15, 0.2) is 0 Å². The van der Waals surface area contributed by atoms with Crippen molar-refractivity contribution in [1.82, 2.24) is 0 Å². The number of ether oxygens (including phenoxy) is 6. The fourth-order valence-electron chi connectivity index (χ4n) is 3.03. The molecule has 0 aromatic heterocycles. The van der Waals surface area contributed by atoms with Crippen LogP contribution in [0.2, 0.25) is 0 Å². The van der Waals surface area contributed by atoms with Gasteiger partial charge in [-0.1, -0.05) is 0 Å². The van der Waals surface area contributed by atoms with Crippen LogP contribution in [0, 0.1) is 0 Å². The van der Waals surface area contributed by atoms with Crippen molar-refractivity contribution < 1.29 is 53.2 Å². The number of rotatable bonds is 26. The lowest BCUT2D eigenvalue weighted by Crippen LogP contribution is -2.28. The molecule has 35 heavy (non-hydrogen) atoms. The van der Waals surface area contributed by atoms with Gasteiger partial charge in [0.1, 0.15) is 12.2 Å². The average molecular weight is 517 g/mol. The minimum absolute atomic E-state index is 0.0763. The number of alkyl halides is 1. The van der Waals surface area contributed by atoms with E-state index in [2.05, 4.69) is 0 Å². The van der Waals surface area contributed by atoms with E-state index in [4.69, 9.17) is 38.6 Å². The molecule has 0 amide bonds. The van der Waals surface area contributed by atoms with Crippen LogP contribution < -0.4 is 0 Å². The quantitative estimate of drug-likeness (QED) is 0.124. The molecule has 0 aliphatic carbocycles. The summed E-state index contributed by atoms with van der Waals surface area (Å²) in [7, 11) is 0. The molecule has 3 atom stereocenters. The largest absolute Gasteiger partial charge is 0.394 e. The summed E-state index contributed by atoms with van der Waals surface area (Å²) in [5.74, 6) is -1.75. The first kappa shape index (κ1) is 34.5. The Morgan fingerprint density at radius 2 is 1.03 bits per heavy atom. The standard InChI is InChI=1S/C24H49FO10/c1-23(2,7-4-11-30-17-21(28)19-32-15-9-26)34-13-5-8-24(3,25)35-14-6-12-31-18-22(29)20-33-16-10-27/h21-22,26-29H,4-20H2,1-3H3. The summed E-state index contributed by atoms with van der Waals surface area (Å²) in [5, 5.41) is 36.5. The zero-order chi connectivity index (χ0) is 26.4. The predicted octanol–water partition coefficient (Wildman–Crippen LogP) is 1.21. The summed E-state index contributed by atoms with van der Waals surface area (Å²) in [6, 6.07) is 0. The van der Waals surface area contributed by atoms with Crippen LogP contribution in [0.1, 0.15) is 52.9 Å². The summed E-state index contributed by atoms with van der Waals surface area (Å²) in [6.45, 7) is 7.52. The second-order valence-corrected chi connectivity index (χ2v) is 9.17. The lowest BCUT2D eigenvalue weighted by atomic mass is 10.0. The third kappa shape index (κ3) is 23.7. The normalized spacial score (nSPS) is 15.8. The molecule has 11 heteroatoms. The van der Waals surface area contributed by atoms with E-state index in [1.807, 2.05) is 13.8 Å². The molecule has 0 aliphatic heterocycles. The highest BCUT2D eigenvalue weighted by molar-refractivity contribution is 4.69. The van der Waals surface area contributed by atoms with Gasteiger partial charge in [0.15, 0.2) is 0 Å². The van der Waals surface area contributed by atoms with Gasteiger partial charge < -0.3 is 48.8 Å². The molecule has 0 bridgehead atoms. The minimum atomic E-state index is -1.75. The first-order chi connectivity index (χ1) is 16.6. The van der Waals surface area contributed by atoms with Crippen LogP contribution in [0.5, 0.6) is 0 Å². The average Bonchev–Trinajstić information content (AvgIpc) is 2.79. The molecule has 0 saturated heterocycles. The maximum atomic E-state index is 14.5. The summed E-state index contributed by atoms with van der Waals surface area (Å²) in [4.78, 5) is 0. The van der Waals surface area contributed by atoms with Crippen molar-refractivity contribution >= 4 is 0 Å². The number of hydrogen-bond acceptors (Lipinski definition) is 10. The highest BCUT2D eigenvalue weighted by atomic mass is 19.2. The Balaban J connectivity index is 3.72. The molecule has 0 aromatic carbocycles. The van der Waals surface area contributed by atoms with Crippen LogP contribution in [-0.4, -0.2) is 123 Å². The first-order valence-electron chi connectivity index (χ1n) is 12.5. The summed E-state index contributed by atoms with van der Waals surface area (Å²) >= 11 is 0. The van der Waals surface area contributed by atoms with E-state index in [0.29, 0.717) is 32.7 Å². The molecule has 10 nitrogen and oxygen atoms in total. The van der Waals surface area contributed by atoms with Gasteiger partial charge in [0.05, 0.1) is 65.1 Å². The van der Waals surface area contributed by atoms with Crippen LogP contribution in [0.25, 0.3) is 0 Å². The molecule has 0 fully saturated rings. The van der Waals surface area contributed by atoms with Crippen molar-refractivity contribution in [2.24, 2.45) is 0 Å². The number of aliphatic hydroxyl groups excluding tert-OH is 4. The second kappa shape index (κ2) is 21.6. The molecular weight excluding hydrogens is 467 g/mol. The molecular formula is C24H49FO10. The van der Waals surface area contributed by atoms with Gasteiger partial charge in [-0.05, 0) is 46.5 Å². The number of halogens is 1. The molecule has 0 aromatic rings. The van der Waals surface area contributed by atoms with Gasteiger partial charge in [0, 0.05) is 26.2 Å². The molecule has 0 saturated carbocycles. The maximum absolute atomic E-state index is 14.5. The van der Waals surface area contributed by atoms with Crippen molar-refractivity contribution in [3.63, 3.8) is 0 Å². The summed E-state index contributed by atoms with van der Waals surface area (Å²) in [6.07, 6.45) is 1.27. The lowest BCUT2D eigenvalue weighted by Gasteiger charge is -2.27. The second-order valence-electron chi connectivity index (χ2n) is 9.17. The molecule has 3 unspecified atom stereocenters. The van der Waals surface area contributed by atoms with Gasteiger partial charge >= 0.3 is 0 Å². The molecule has 0 radical (unpaired) electrons. The monoisotopic (exact) mass is 516 g/mol. The van der Waals surface area contributed by atoms with Crippen molar-refractivity contribution in [3.05, 3.63) is 0 Å². The third-order valence-corrected chi connectivity index (χ3v) is 4.88. The van der Waals surface area contributed by atoms with E-state index in [1.54, 1.807) is 0 Å².